The Morgan fingerprint density at radius 3 is 2.35 bits per heavy atom. The zero-order valence-corrected chi connectivity index (χ0v) is 15.5. The van der Waals surface area contributed by atoms with Crippen LogP contribution in [0.2, 0.25) is 0 Å². The molecule has 1 N–H and O–H groups in total. The van der Waals surface area contributed by atoms with Gasteiger partial charge in [0.1, 0.15) is 11.6 Å². The fraction of sp³-hybridized carbons (Fsp3) is 0.238. The summed E-state index contributed by atoms with van der Waals surface area (Å²) in [7, 11) is 1.63. The number of carbonyl (C=O) groups excluding carboxylic acids is 1. The van der Waals surface area contributed by atoms with Crippen molar-refractivity contribution < 1.29 is 9.53 Å². The van der Waals surface area contributed by atoms with Crippen molar-refractivity contribution in [3.8, 4) is 22.7 Å². The third kappa shape index (κ3) is 3.61. The summed E-state index contributed by atoms with van der Waals surface area (Å²) in [5, 5.41) is 7.71. The molecule has 0 fully saturated rings. The molecule has 134 valence electrons. The van der Waals surface area contributed by atoms with Crippen LogP contribution in [0.25, 0.3) is 16.9 Å². The summed E-state index contributed by atoms with van der Waals surface area (Å²) in [5.74, 6) is 1.29. The molecule has 0 aliphatic heterocycles. The number of hydrogen-bond donors (Lipinski definition) is 1. The molecular formula is C21H23N3O2. The number of nitrogens with zero attached hydrogens (tertiary/aromatic N) is 2. The number of para-hydroxylation sites is 2. The first-order valence-electron chi connectivity index (χ1n) is 8.50. The first-order chi connectivity index (χ1) is 12.4. The van der Waals surface area contributed by atoms with Crippen molar-refractivity contribution in [3.05, 3.63) is 60.7 Å². The van der Waals surface area contributed by atoms with E-state index in [4.69, 9.17) is 9.84 Å². The van der Waals surface area contributed by atoms with E-state index in [1.165, 1.54) is 0 Å². The number of rotatable bonds is 4. The zero-order chi connectivity index (χ0) is 18.7. The molecule has 1 amide bonds. The Bertz CT molecular complexity index is 909. The Hall–Kier alpha value is -3.08. The van der Waals surface area contributed by atoms with Gasteiger partial charge in [0.2, 0.25) is 5.91 Å². The van der Waals surface area contributed by atoms with Gasteiger partial charge in [-0.1, -0.05) is 51.1 Å². The normalized spacial score (nSPS) is 11.2. The van der Waals surface area contributed by atoms with Gasteiger partial charge in [-0.05, 0) is 24.3 Å². The molecule has 0 spiro atoms. The number of hydrogen-bond acceptors (Lipinski definition) is 3. The molecule has 5 heteroatoms. The second kappa shape index (κ2) is 7.04. The minimum Gasteiger partial charge on any atom is -0.496 e. The molecule has 0 atom stereocenters. The number of amides is 1. The molecule has 0 aliphatic rings. The number of nitrogens with one attached hydrogen (secondary N) is 1. The highest BCUT2D eigenvalue weighted by Gasteiger charge is 2.24. The smallest absolute Gasteiger partial charge is 0.230 e. The van der Waals surface area contributed by atoms with Crippen molar-refractivity contribution in [2.45, 2.75) is 20.8 Å². The maximum atomic E-state index is 12.5. The van der Waals surface area contributed by atoms with Gasteiger partial charge >= 0.3 is 0 Å². The highest BCUT2D eigenvalue weighted by Crippen LogP contribution is 2.32. The van der Waals surface area contributed by atoms with Gasteiger partial charge in [0.05, 0.1) is 18.5 Å². The van der Waals surface area contributed by atoms with E-state index in [1.54, 1.807) is 11.8 Å². The van der Waals surface area contributed by atoms with Gasteiger partial charge in [-0.2, -0.15) is 5.10 Å². The average molecular weight is 349 g/mol. The third-order valence-corrected chi connectivity index (χ3v) is 4.02. The summed E-state index contributed by atoms with van der Waals surface area (Å²) < 4.78 is 7.19. The maximum absolute atomic E-state index is 12.5. The summed E-state index contributed by atoms with van der Waals surface area (Å²) in [6.07, 6.45) is 0. The molecule has 0 bridgehead atoms. The molecule has 1 aromatic heterocycles. The first-order valence-corrected chi connectivity index (χ1v) is 8.50. The molecule has 3 rings (SSSR count). The molecule has 0 unspecified atom stereocenters. The standard InChI is InChI=1S/C21H23N3O2/c1-21(2,3)20(25)22-19-14-17(16-12-8-9-13-18(16)26-4)23-24(19)15-10-6-5-7-11-15/h5-14H,1-4H3,(H,22,25). The Morgan fingerprint density at radius 2 is 1.69 bits per heavy atom. The van der Waals surface area contributed by atoms with Crippen molar-refractivity contribution in [3.63, 3.8) is 0 Å². The van der Waals surface area contributed by atoms with Crippen LogP contribution < -0.4 is 10.1 Å². The lowest BCUT2D eigenvalue weighted by molar-refractivity contribution is -0.123. The van der Waals surface area contributed by atoms with Crippen LogP contribution in [0, 0.1) is 5.41 Å². The van der Waals surface area contributed by atoms with E-state index in [0.717, 1.165) is 22.7 Å². The number of methoxy groups -OCH3 is 1. The molecule has 5 nitrogen and oxygen atoms in total. The third-order valence-electron chi connectivity index (χ3n) is 4.02. The summed E-state index contributed by atoms with van der Waals surface area (Å²) >= 11 is 0. The predicted molar refractivity (Wildman–Crippen MR) is 104 cm³/mol. The summed E-state index contributed by atoms with van der Waals surface area (Å²) in [6, 6.07) is 19.3. The van der Waals surface area contributed by atoms with Gasteiger partial charge in [0.15, 0.2) is 0 Å². The summed E-state index contributed by atoms with van der Waals surface area (Å²) in [5.41, 5.74) is 1.97. The van der Waals surface area contributed by atoms with Crippen LogP contribution in [0.1, 0.15) is 20.8 Å². The Balaban J connectivity index is 2.10. The quantitative estimate of drug-likeness (QED) is 0.753. The zero-order valence-electron chi connectivity index (χ0n) is 15.5. The highest BCUT2D eigenvalue weighted by atomic mass is 16.5. The van der Waals surface area contributed by atoms with Gasteiger partial charge in [0.25, 0.3) is 0 Å². The number of anilines is 1. The minimum atomic E-state index is -0.504. The van der Waals surface area contributed by atoms with E-state index >= 15 is 0 Å². The lowest BCUT2D eigenvalue weighted by Crippen LogP contribution is -2.28. The Labute approximate surface area is 153 Å². The van der Waals surface area contributed by atoms with Crippen LogP contribution in [0.4, 0.5) is 5.82 Å². The Kier molecular flexibility index (Phi) is 4.80. The predicted octanol–water partition coefficient (Wildman–Crippen LogP) is 4.53. The number of carbonyl (C=O) groups is 1. The second-order valence-corrected chi connectivity index (χ2v) is 7.07. The van der Waals surface area contributed by atoms with Gasteiger partial charge < -0.3 is 10.1 Å². The van der Waals surface area contributed by atoms with E-state index in [0.29, 0.717) is 5.82 Å². The van der Waals surface area contributed by atoms with E-state index in [1.807, 2.05) is 81.4 Å². The van der Waals surface area contributed by atoms with Crippen LogP contribution in [0.3, 0.4) is 0 Å². The van der Waals surface area contributed by atoms with E-state index in [2.05, 4.69) is 5.32 Å². The largest absolute Gasteiger partial charge is 0.496 e. The first kappa shape index (κ1) is 17.7. The lowest BCUT2D eigenvalue weighted by Gasteiger charge is -2.18. The van der Waals surface area contributed by atoms with Crippen LogP contribution >= 0.6 is 0 Å². The SMILES string of the molecule is COc1ccccc1-c1cc(NC(=O)C(C)(C)C)n(-c2ccccc2)n1. The van der Waals surface area contributed by atoms with Crippen LogP contribution in [0.5, 0.6) is 5.75 Å². The van der Waals surface area contributed by atoms with Gasteiger partial charge in [-0.3, -0.25) is 4.79 Å². The molecule has 0 saturated heterocycles. The van der Waals surface area contributed by atoms with Gasteiger partial charge in [-0.25, -0.2) is 4.68 Å². The average Bonchev–Trinajstić information content (AvgIpc) is 3.05. The fourth-order valence-electron chi connectivity index (χ4n) is 2.53. The lowest BCUT2D eigenvalue weighted by atomic mass is 9.96. The number of aromatic nitrogens is 2. The maximum Gasteiger partial charge on any atom is 0.230 e. The van der Waals surface area contributed by atoms with E-state index < -0.39 is 5.41 Å². The molecule has 3 aromatic rings. The summed E-state index contributed by atoms with van der Waals surface area (Å²) in [4.78, 5) is 12.5. The van der Waals surface area contributed by atoms with E-state index in [9.17, 15) is 4.79 Å². The van der Waals surface area contributed by atoms with Gasteiger partial charge in [-0.15, -0.1) is 0 Å². The molecule has 0 radical (unpaired) electrons. The molecular weight excluding hydrogens is 326 g/mol. The summed E-state index contributed by atoms with van der Waals surface area (Å²) in [6.45, 7) is 5.64. The van der Waals surface area contributed by atoms with Crippen molar-refractivity contribution in [2.75, 3.05) is 12.4 Å². The molecule has 1 heterocycles. The van der Waals surface area contributed by atoms with Crippen LogP contribution in [-0.4, -0.2) is 22.8 Å². The second-order valence-electron chi connectivity index (χ2n) is 7.07. The topological polar surface area (TPSA) is 56.1 Å². The minimum absolute atomic E-state index is 0.0684. The van der Waals surface area contributed by atoms with Crippen LogP contribution in [0.15, 0.2) is 60.7 Å². The monoisotopic (exact) mass is 349 g/mol. The highest BCUT2D eigenvalue weighted by molar-refractivity contribution is 5.94. The number of ether oxygens (including phenoxy) is 1. The fourth-order valence-corrected chi connectivity index (χ4v) is 2.53. The van der Waals surface area contributed by atoms with Crippen molar-refractivity contribution in [2.24, 2.45) is 5.41 Å². The van der Waals surface area contributed by atoms with Gasteiger partial charge in [0, 0.05) is 17.0 Å². The van der Waals surface area contributed by atoms with E-state index in [-0.39, 0.29) is 5.91 Å². The number of benzene rings is 2. The molecule has 26 heavy (non-hydrogen) atoms. The Morgan fingerprint density at radius 1 is 1.04 bits per heavy atom. The van der Waals surface area contributed by atoms with Crippen molar-refractivity contribution in [1.82, 2.24) is 9.78 Å². The molecule has 0 aliphatic carbocycles. The van der Waals surface area contributed by atoms with Crippen molar-refractivity contribution >= 4 is 11.7 Å². The molecule has 0 saturated carbocycles. The van der Waals surface area contributed by atoms with Crippen LogP contribution in [-0.2, 0) is 4.79 Å². The van der Waals surface area contributed by atoms with Crippen molar-refractivity contribution in [1.29, 1.82) is 0 Å². The molecule has 2 aromatic carbocycles.